The van der Waals surface area contributed by atoms with Crippen molar-refractivity contribution in [1.82, 2.24) is 0 Å². The second-order valence-corrected chi connectivity index (χ2v) is 4.30. The average Bonchev–Trinajstić information content (AvgIpc) is 2.41. The number of fused-ring (bicyclic) bond motifs is 2. The van der Waals surface area contributed by atoms with Gasteiger partial charge in [0, 0.05) is 17.3 Å². The molecular weight excluding hydrogens is 238 g/mol. The van der Waals surface area contributed by atoms with Gasteiger partial charge in [-0.3, -0.25) is 4.99 Å². The molecule has 1 aliphatic rings. The van der Waals surface area contributed by atoms with Crippen molar-refractivity contribution in [2.45, 2.75) is 0 Å². The molecule has 2 aromatic carbocycles. The summed E-state index contributed by atoms with van der Waals surface area (Å²) in [6.07, 6.45) is 5.64. The third kappa shape index (κ3) is 2.18. The lowest BCUT2D eigenvalue weighted by Gasteiger charge is -2.07. The minimum absolute atomic E-state index is 0.283. The molecule has 1 N–H and O–H groups in total. The van der Waals surface area contributed by atoms with E-state index in [0.717, 1.165) is 22.4 Å². The van der Waals surface area contributed by atoms with Crippen molar-refractivity contribution < 1.29 is 9.90 Å². The number of aliphatic imine (C=N–C) groups is 1. The molecule has 0 amide bonds. The maximum absolute atomic E-state index is 11.0. The highest BCUT2D eigenvalue weighted by Crippen LogP contribution is 2.24. The van der Waals surface area contributed by atoms with Gasteiger partial charge in [-0.15, -0.1) is 0 Å². The molecule has 0 saturated carbocycles. The van der Waals surface area contributed by atoms with Crippen LogP contribution in [0.4, 0.5) is 5.69 Å². The van der Waals surface area contributed by atoms with Crippen LogP contribution < -0.4 is 0 Å². The highest BCUT2D eigenvalue weighted by Gasteiger charge is 2.07. The maximum atomic E-state index is 11.0. The molecule has 19 heavy (non-hydrogen) atoms. The van der Waals surface area contributed by atoms with Gasteiger partial charge in [0.05, 0.1) is 11.3 Å². The summed E-state index contributed by atoms with van der Waals surface area (Å²) < 4.78 is 0. The topological polar surface area (TPSA) is 49.7 Å². The van der Waals surface area contributed by atoms with Gasteiger partial charge in [-0.2, -0.15) is 0 Å². The molecule has 0 atom stereocenters. The second-order valence-electron chi connectivity index (χ2n) is 4.30. The molecule has 3 heteroatoms. The van der Waals surface area contributed by atoms with Gasteiger partial charge >= 0.3 is 5.97 Å². The Kier molecular flexibility index (Phi) is 2.72. The highest BCUT2D eigenvalue weighted by molar-refractivity contribution is 5.96. The van der Waals surface area contributed by atoms with E-state index in [4.69, 9.17) is 5.11 Å². The summed E-state index contributed by atoms with van der Waals surface area (Å²) in [7, 11) is 0. The van der Waals surface area contributed by atoms with E-state index in [1.54, 1.807) is 24.4 Å². The van der Waals surface area contributed by atoms with E-state index in [2.05, 4.69) is 4.99 Å². The fourth-order valence-electron chi connectivity index (χ4n) is 2.03. The Balaban J connectivity index is 2.13. The van der Waals surface area contributed by atoms with Gasteiger partial charge in [0.1, 0.15) is 0 Å². The Morgan fingerprint density at radius 3 is 2.58 bits per heavy atom. The lowest BCUT2D eigenvalue weighted by Crippen LogP contribution is -1.99. The zero-order valence-corrected chi connectivity index (χ0v) is 10.1. The average molecular weight is 249 g/mol. The summed E-state index contributed by atoms with van der Waals surface area (Å²) in [6, 6.07) is 12.9. The number of benzene rings is 2. The lowest BCUT2D eigenvalue weighted by atomic mass is 10.0. The first-order chi connectivity index (χ1) is 9.24. The molecule has 0 radical (unpaired) electrons. The van der Waals surface area contributed by atoms with Gasteiger partial charge in [0.2, 0.25) is 0 Å². The number of aromatic carboxylic acids is 1. The van der Waals surface area contributed by atoms with Crippen LogP contribution in [-0.2, 0) is 0 Å². The molecule has 3 nitrogen and oxygen atoms in total. The molecule has 0 unspecified atom stereocenters. The normalized spacial score (nSPS) is 12.2. The van der Waals surface area contributed by atoms with E-state index in [9.17, 15) is 4.79 Å². The van der Waals surface area contributed by atoms with Crippen molar-refractivity contribution in [1.29, 1.82) is 0 Å². The molecule has 0 spiro atoms. The number of carboxylic acids is 1. The standard InChI is InChI=1S/C16H11NO2/c18-16(19)13-7-8-14-10-17-15-4-2-1-3-11(15)5-6-12(14)9-13/h1-10H,(H,18,19). The number of rotatable bonds is 1. The van der Waals surface area contributed by atoms with Crippen molar-refractivity contribution in [3.8, 4) is 0 Å². The predicted molar refractivity (Wildman–Crippen MR) is 76.0 cm³/mol. The summed E-state index contributed by atoms with van der Waals surface area (Å²) in [5.41, 5.74) is 3.98. The Hall–Kier alpha value is -2.68. The molecule has 0 bridgehead atoms. The molecular formula is C16H11NO2. The van der Waals surface area contributed by atoms with Crippen LogP contribution in [-0.4, -0.2) is 17.3 Å². The largest absolute Gasteiger partial charge is 0.478 e. The van der Waals surface area contributed by atoms with Crippen LogP contribution in [0.2, 0.25) is 0 Å². The van der Waals surface area contributed by atoms with Gasteiger partial charge in [-0.05, 0) is 23.8 Å². The van der Waals surface area contributed by atoms with E-state index in [1.807, 2.05) is 36.4 Å². The van der Waals surface area contributed by atoms with Crippen molar-refractivity contribution >= 4 is 30.0 Å². The van der Waals surface area contributed by atoms with Crippen LogP contribution in [0.15, 0.2) is 47.5 Å². The molecule has 1 aliphatic heterocycles. The minimum atomic E-state index is -0.921. The molecule has 3 rings (SSSR count). The minimum Gasteiger partial charge on any atom is -0.478 e. The quantitative estimate of drug-likeness (QED) is 0.716. The molecule has 0 fully saturated rings. The van der Waals surface area contributed by atoms with Crippen LogP contribution in [0.5, 0.6) is 0 Å². The van der Waals surface area contributed by atoms with E-state index in [1.165, 1.54) is 0 Å². The molecule has 92 valence electrons. The maximum Gasteiger partial charge on any atom is 0.335 e. The zero-order chi connectivity index (χ0) is 13.2. The Labute approximate surface area is 110 Å². The summed E-state index contributed by atoms with van der Waals surface area (Å²) in [5.74, 6) is -0.921. The van der Waals surface area contributed by atoms with Crippen LogP contribution >= 0.6 is 0 Å². The fraction of sp³-hybridized carbons (Fsp3) is 0. The van der Waals surface area contributed by atoms with Crippen molar-refractivity contribution in [3.63, 3.8) is 0 Å². The number of hydrogen-bond acceptors (Lipinski definition) is 2. The first kappa shape index (κ1) is 11.4. The first-order valence-corrected chi connectivity index (χ1v) is 5.92. The first-order valence-electron chi connectivity index (χ1n) is 5.92. The summed E-state index contributed by atoms with van der Waals surface area (Å²) in [5, 5.41) is 9.01. The summed E-state index contributed by atoms with van der Waals surface area (Å²) >= 11 is 0. The van der Waals surface area contributed by atoms with Gasteiger partial charge in [0.25, 0.3) is 0 Å². The Bertz CT molecular complexity index is 714. The SMILES string of the molecule is O=C(O)c1ccc2c(c1)C=Cc1ccccc1N=C2. The van der Waals surface area contributed by atoms with Gasteiger partial charge in [-0.25, -0.2) is 4.79 Å². The van der Waals surface area contributed by atoms with Gasteiger partial charge in [0.15, 0.2) is 0 Å². The third-order valence-electron chi connectivity index (χ3n) is 3.06. The predicted octanol–water partition coefficient (Wildman–Crippen LogP) is 3.62. The number of para-hydroxylation sites is 1. The Morgan fingerprint density at radius 1 is 0.947 bits per heavy atom. The third-order valence-corrected chi connectivity index (χ3v) is 3.06. The van der Waals surface area contributed by atoms with E-state index in [-0.39, 0.29) is 5.56 Å². The van der Waals surface area contributed by atoms with E-state index in [0.29, 0.717) is 0 Å². The monoisotopic (exact) mass is 249 g/mol. The van der Waals surface area contributed by atoms with Gasteiger partial charge in [-0.1, -0.05) is 36.4 Å². The molecule has 0 aromatic heterocycles. The second kappa shape index (κ2) is 4.53. The number of hydrogen-bond donors (Lipinski definition) is 1. The molecule has 2 aromatic rings. The zero-order valence-electron chi connectivity index (χ0n) is 10.1. The Morgan fingerprint density at radius 2 is 1.74 bits per heavy atom. The van der Waals surface area contributed by atoms with Crippen LogP contribution in [0, 0.1) is 0 Å². The molecule has 1 heterocycles. The highest BCUT2D eigenvalue weighted by atomic mass is 16.4. The van der Waals surface area contributed by atoms with Gasteiger partial charge < -0.3 is 5.11 Å². The smallest absolute Gasteiger partial charge is 0.335 e. The molecule has 0 aliphatic carbocycles. The summed E-state index contributed by atoms with van der Waals surface area (Å²) in [4.78, 5) is 15.4. The van der Waals surface area contributed by atoms with Crippen LogP contribution in [0.25, 0.3) is 12.2 Å². The van der Waals surface area contributed by atoms with Crippen LogP contribution in [0.3, 0.4) is 0 Å². The van der Waals surface area contributed by atoms with Crippen molar-refractivity contribution in [2.75, 3.05) is 0 Å². The lowest BCUT2D eigenvalue weighted by molar-refractivity contribution is 0.0697. The van der Waals surface area contributed by atoms with Crippen molar-refractivity contribution in [2.24, 2.45) is 4.99 Å². The van der Waals surface area contributed by atoms with E-state index >= 15 is 0 Å². The molecule has 0 saturated heterocycles. The summed E-state index contributed by atoms with van der Waals surface area (Å²) in [6.45, 7) is 0. The fourth-order valence-corrected chi connectivity index (χ4v) is 2.03. The van der Waals surface area contributed by atoms with E-state index < -0.39 is 5.97 Å². The number of carbonyl (C=O) groups is 1. The number of carboxylic acid groups (broad SMARTS) is 1. The number of nitrogens with zero attached hydrogens (tertiary/aromatic N) is 1. The van der Waals surface area contributed by atoms with Crippen molar-refractivity contribution in [3.05, 3.63) is 64.7 Å². The van der Waals surface area contributed by atoms with Crippen LogP contribution in [0.1, 0.15) is 27.0 Å².